The molecule has 7 nitrogen and oxygen atoms in total. The zero-order chi connectivity index (χ0) is 19.1. The number of methoxy groups -OCH3 is 2. The maximum Gasteiger partial charge on any atom is 0.225 e. The number of hydrogen-bond donors (Lipinski definition) is 2. The Balaban J connectivity index is 1.90. The van der Waals surface area contributed by atoms with Crippen molar-refractivity contribution in [2.75, 3.05) is 34.4 Å². The van der Waals surface area contributed by atoms with Crippen LogP contribution in [0.1, 0.15) is 25.8 Å². The number of benzene rings is 1. The number of nitrogens with one attached hydrogen (secondary N) is 2. The largest absolute Gasteiger partial charge is 0.497 e. The molecule has 1 aromatic carbocycles. The molecule has 0 bridgehead atoms. The molecule has 1 aliphatic heterocycles. The summed E-state index contributed by atoms with van der Waals surface area (Å²) in [6.45, 7) is 5.95. The standard InChI is InChI=1S/C19H30N4O3/c1-13(2)18(24)23-9-8-15(12-23)22-19(20-3)21-11-14-6-7-16(25-4)10-17(14)26-5/h6-7,10,13,15H,8-9,11-12H2,1-5H3,(H2,20,21,22). The zero-order valence-electron chi connectivity index (χ0n) is 16.3. The van der Waals surface area contributed by atoms with Crippen molar-refractivity contribution in [3.8, 4) is 11.5 Å². The highest BCUT2D eigenvalue weighted by molar-refractivity contribution is 5.81. The van der Waals surface area contributed by atoms with E-state index in [9.17, 15) is 4.79 Å². The molecule has 26 heavy (non-hydrogen) atoms. The zero-order valence-corrected chi connectivity index (χ0v) is 16.3. The number of nitrogens with zero attached hydrogens (tertiary/aromatic N) is 2. The minimum absolute atomic E-state index is 0.0359. The van der Waals surface area contributed by atoms with Crippen LogP contribution >= 0.6 is 0 Å². The van der Waals surface area contributed by atoms with Gasteiger partial charge in [0.1, 0.15) is 11.5 Å². The van der Waals surface area contributed by atoms with Crippen molar-refractivity contribution < 1.29 is 14.3 Å². The number of ether oxygens (including phenoxy) is 2. The van der Waals surface area contributed by atoms with Crippen LogP contribution in [-0.4, -0.2) is 57.2 Å². The molecule has 2 rings (SSSR count). The SMILES string of the molecule is CN=C(NCc1ccc(OC)cc1OC)NC1CCN(C(=O)C(C)C)C1. The van der Waals surface area contributed by atoms with Crippen molar-refractivity contribution in [1.82, 2.24) is 15.5 Å². The van der Waals surface area contributed by atoms with Crippen LogP contribution in [0, 0.1) is 5.92 Å². The van der Waals surface area contributed by atoms with Gasteiger partial charge in [-0.25, -0.2) is 0 Å². The first-order valence-corrected chi connectivity index (χ1v) is 8.95. The third-order valence-corrected chi connectivity index (χ3v) is 4.50. The minimum atomic E-state index is 0.0359. The predicted octanol–water partition coefficient (Wildman–Crippen LogP) is 1.63. The van der Waals surface area contributed by atoms with Gasteiger partial charge in [0.2, 0.25) is 5.91 Å². The highest BCUT2D eigenvalue weighted by Gasteiger charge is 2.27. The van der Waals surface area contributed by atoms with Gasteiger partial charge in [0.05, 0.1) is 14.2 Å². The molecular weight excluding hydrogens is 332 g/mol. The first-order chi connectivity index (χ1) is 12.5. The summed E-state index contributed by atoms with van der Waals surface area (Å²) >= 11 is 0. The van der Waals surface area contributed by atoms with E-state index in [-0.39, 0.29) is 17.9 Å². The molecule has 0 radical (unpaired) electrons. The van der Waals surface area contributed by atoms with E-state index in [0.717, 1.165) is 30.0 Å². The average molecular weight is 362 g/mol. The summed E-state index contributed by atoms with van der Waals surface area (Å²) in [5.74, 6) is 2.48. The van der Waals surface area contributed by atoms with Crippen LogP contribution in [0.15, 0.2) is 23.2 Å². The highest BCUT2D eigenvalue weighted by atomic mass is 16.5. The summed E-state index contributed by atoms with van der Waals surface area (Å²) < 4.78 is 10.7. The number of hydrogen-bond acceptors (Lipinski definition) is 4. The van der Waals surface area contributed by atoms with Gasteiger partial charge in [-0.05, 0) is 18.6 Å². The lowest BCUT2D eigenvalue weighted by Crippen LogP contribution is -2.45. The van der Waals surface area contributed by atoms with Crippen molar-refractivity contribution in [3.05, 3.63) is 23.8 Å². The number of rotatable bonds is 6. The Morgan fingerprint density at radius 2 is 2.12 bits per heavy atom. The van der Waals surface area contributed by atoms with Crippen molar-refractivity contribution in [3.63, 3.8) is 0 Å². The molecule has 1 amide bonds. The summed E-state index contributed by atoms with van der Waals surface area (Å²) in [6, 6.07) is 5.94. The van der Waals surface area contributed by atoms with Crippen LogP contribution in [0.3, 0.4) is 0 Å². The number of carbonyl (C=O) groups is 1. The molecule has 1 aliphatic rings. The molecule has 1 aromatic rings. The Hall–Kier alpha value is -2.44. The molecule has 7 heteroatoms. The van der Waals surface area contributed by atoms with E-state index in [4.69, 9.17) is 9.47 Å². The fraction of sp³-hybridized carbons (Fsp3) is 0.579. The third kappa shape index (κ3) is 5.03. The Morgan fingerprint density at radius 1 is 1.35 bits per heavy atom. The van der Waals surface area contributed by atoms with Gasteiger partial charge in [0.15, 0.2) is 5.96 Å². The van der Waals surface area contributed by atoms with Crippen LogP contribution in [0.5, 0.6) is 11.5 Å². The Morgan fingerprint density at radius 3 is 2.73 bits per heavy atom. The number of amides is 1. The second-order valence-corrected chi connectivity index (χ2v) is 6.67. The summed E-state index contributed by atoms with van der Waals surface area (Å²) in [6.07, 6.45) is 0.922. The molecule has 0 aromatic heterocycles. The molecule has 1 heterocycles. The fourth-order valence-corrected chi connectivity index (χ4v) is 3.01. The Bertz CT molecular complexity index is 646. The summed E-state index contributed by atoms with van der Waals surface area (Å²) in [4.78, 5) is 18.3. The topological polar surface area (TPSA) is 75.2 Å². The lowest BCUT2D eigenvalue weighted by atomic mass is 10.2. The molecule has 0 aliphatic carbocycles. The number of aliphatic imine (C=N–C) groups is 1. The summed E-state index contributed by atoms with van der Waals surface area (Å²) in [7, 11) is 5.02. The van der Waals surface area contributed by atoms with Gasteiger partial charge in [-0.1, -0.05) is 13.8 Å². The van der Waals surface area contributed by atoms with Crippen LogP contribution < -0.4 is 20.1 Å². The van der Waals surface area contributed by atoms with Crippen molar-refractivity contribution in [2.45, 2.75) is 32.9 Å². The molecule has 0 spiro atoms. The van der Waals surface area contributed by atoms with E-state index in [1.165, 1.54) is 0 Å². The molecule has 1 fully saturated rings. The van der Waals surface area contributed by atoms with E-state index < -0.39 is 0 Å². The molecule has 1 unspecified atom stereocenters. The molecule has 1 saturated heterocycles. The van der Waals surface area contributed by atoms with E-state index >= 15 is 0 Å². The van der Waals surface area contributed by atoms with Crippen LogP contribution in [0.4, 0.5) is 0 Å². The summed E-state index contributed by atoms with van der Waals surface area (Å²) in [5.41, 5.74) is 1.01. The number of guanidine groups is 1. The molecule has 2 N–H and O–H groups in total. The molecule has 0 saturated carbocycles. The maximum absolute atomic E-state index is 12.1. The van der Waals surface area contributed by atoms with Gasteiger partial charge in [0.25, 0.3) is 0 Å². The highest BCUT2D eigenvalue weighted by Crippen LogP contribution is 2.24. The summed E-state index contributed by atoms with van der Waals surface area (Å²) in [5, 5.41) is 6.71. The molecular formula is C19H30N4O3. The van der Waals surface area contributed by atoms with Gasteiger partial charge in [-0.15, -0.1) is 0 Å². The van der Waals surface area contributed by atoms with Gasteiger partial charge >= 0.3 is 0 Å². The third-order valence-electron chi connectivity index (χ3n) is 4.50. The fourth-order valence-electron chi connectivity index (χ4n) is 3.01. The maximum atomic E-state index is 12.1. The van der Waals surface area contributed by atoms with Crippen molar-refractivity contribution in [1.29, 1.82) is 0 Å². The molecule has 1 atom stereocenters. The van der Waals surface area contributed by atoms with Crippen molar-refractivity contribution >= 4 is 11.9 Å². The van der Waals surface area contributed by atoms with Crippen LogP contribution in [0.2, 0.25) is 0 Å². The van der Waals surface area contributed by atoms with Gasteiger partial charge in [-0.3, -0.25) is 9.79 Å². The number of likely N-dealkylation sites (tertiary alicyclic amines) is 1. The van der Waals surface area contributed by atoms with E-state index in [0.29, 0.717) is 19.0 Å². The van der Waals surface area contributed by atoms with Crippen LogP contribution in [0.25, 0.3) is 0 Å². The second kappa shape index (κ2) is 9.31. The monoisotopic (exact) mass is 362 g/mol. The van der Waals surface area contributed by atoms with Gasteiger partial charge in [-0.2, -0.15) is 0 Å². The lowest BCUT2D eigenvalue weighted by molar-refractivity contribution is -0.133. The second-order valence-electron chi connectivity index (χ2n) is 6.67. The predicted molar refractivity (Wildman–Crippen MR) is 103 cm³/mol. The Kier molecular flexibility index (Phi) is 7.12. The van der Waals surface area contributed by atoms with Crippen LogP contribution in [-0.2, 0) is 11.3 Å². The van der Waals surface area contributed by atoms with E-state index in [1.54, 1.807) is 21.3 Å². The minimum Gasteiger partial charge on any atom is -0.497 e. The van der Waals surface area contributed by atoms with E-state index in [1.807, 2.05) is 36.9 Å². The average Bonchev–Trinajstić information content (AvgIpc) is 3.12. The van der Waals surface area contributed by atoms with Crippen molar-refractivity contribution in [2.24, 2.45) is 10.9 Å². The number of carbonyl (C=O) groups excluding carboxylic acids is 1. The molecule has 144 valence electrons. The first-order valence-electron chi connectivity index (χ1n) is 8.95. The normalized spacial score (nSPS) is 17.4. The Labute approximate surface area is 155 Å². The quantitative estimate of drug-likeness (QED) is 0.594. The lowest BCUT2D eigenvalue weighted by Gasteiger charge is -2.20. The smallest absolute Gasteiger partial charge is 0.225 e. The van der Waals surface area contributed by atoms with Gasteiger partial charge in [0, 0.05) is 50.3 Å². The van der Waals surface area contributed by atoms with E-state index in [2.05, 4.69) is 15.6 Å². The van der Waals surface area contributed by atoms with Gasteiger partial charge < -0.3 is 25.0 Å². The first kappa shape index (κ1) is 19.9.